The Hall–Kier alpha value is -2.39. The van der Waals surface area contributed by atoms with Crippen LogP contribution in [0.4, 0.5) is 8.78 Å². The van der Waals surface area contributed by atoms with E-state index in [1.54, 1.807) is 6.20 Å². The molecule has 2 amide bonds. The maximum atomic E-state index is 15.6. The molecule has 2 aliphatic heterocycles. The largest absolute Gasteiger partial charge is 0.334 e. The van der Waals surface area contributed by atoms with Gasteiger partial charge in [0.1, 0.15) is 16.6 Å². The fraction of sp³-hybridized carbons (Fsp3) is 0.686. The van der Waals surface area contributed by atoms with E-state index in [-0.39, 0.29) is 46.5 Å². The van der Waals surface area contributed by atoms with Crippen molar-refractivity contribution in [2.45, 2.75) is 123 Å². The third-order valence-electron chi connectivity index (χ3n) is 10.3. The van der Waals surface area contributed by atoms with Gasteiger partial charge in [-0.3, -0.25) is 14.5 Å². The average Bonchev–Trinajstić information content (AvgIpc) is 3.69. The van der Waals surface area contributed by atoms with Gasteiger partial charge in [-0.2, -0.15) is 0 Å². The highest BCUT2D eigenvalue weighted by molar-refractivity contribution is 7.09. The summed E-state index contributed by atoms with van der Waals surface area (Å²) < 4.78 is 29.8. The Kier molecular flexibility index (Phi) is 8.82. The quantitative estimate of drug-likeness (QED) is 0.348. The van der Waals surface area contributed by atoms with Gasteiger partial charge in [0.05, 0.1) is 17.5 Å². The molecule has 2 saturated heterocycles. The molecule has 6 nitrogen and oxygen atoms in total. The molecule has 5 rings (SSSR count). The van der Waals surface area contributed by atoms with Gasteiger partial charge in [0.25, 0.3) is 0 Å². The molecule has 1 saturated carbocycles. The van der Waals surface area contributed by atoms with E-state index in [0.717, 1.165) is 36.8 Å². The zero-order valence-corrected chi connectivity index (χ0v) is 28.6. The molecule has 2 aromatic rings. The molecule has 1 aromatic heterocycles. The molecular weight excluding hydrogens is 578 g/mol. The number of carbonyl (C=O) groups is 2. The Morgan fingerprint density at radius 3 is 2.25 bits per heavy atom. The normalized spacial score (nSPS) is 26.7. The first-order chi connectivity index (χ1) is 20.4. The van der Waals surface area contributed by atoms with Crippen molar-refractivity contribution in [2.75, 3.05) is 19.6 Å². The minimum atomic E-state index is -1.18. The van der Waals surface area contributed by atoms with Crippen molar-refractivity contribution in [3.8, 4) is 0 Å². The first-order valence-electron chi connectivity index (χ1n) is 16.2. The summed E-state index contributed by atoms with van der Waals surface area (Å²) in [6.07, 6.45) is 6.74. The summed E-state index contributed by atoms with van der Waals surface area (Å²) in [7, 11) is 0. The molecule has 9 heteroatoms. The lowest BCUT2D eigenvalue weighted by atomic mass is 9.74. The Balaban J connectivity index is 1.56. The van der Waals surface area contributed by atoms with Crippen LogP contribution in [0.3, 0.4) is 0 Å². The molecule has 3 atom stereocenters. The van der Waals surface area contributed by atoms with Gasteiger partial charge in [0.15, 0.2) is 0 Å². The molecular formula is C35H50F2N4O2S. The number of hydrogen-bond donors (Lipinski definition) is 0. The third kappa shape index (κ3) is 6.33. The van der Waals surface area contributed by atoms with Gasteiger partial charge in [-0.15, -0.1) is 11.3 Å². The maximum Gasteiger partial charge on any atom is 0.235 e. The number of thiazole rings is 1. The summed E-state index contributed by atoms with van der Waals surface area (Å²) in [5.41, 5.74) is -1.48. The predicted octanol–water partition coefficient (Wildman–Crippen LogP) is 7.35. The smallest absolute Gasteiger partial charge is 0.235 e. The second-order valence-corrected chi connectivity index (χ2v) is 17.1. The van der Waals surface area contributed by atoms with E-state index in [1.165, 1.54) is 23.5 Å². The Morgan fingerprint density at radius 2 is 1.70 bits per heavy atom. The topological polar surface area (TPSA) is 56.8 Å². The molecule has 0 N–H and O–H groups in total. The molecule has 0 radical (unpaired) electrons. The summed E-state index contributed by atoms with van der Waals surface area (Å²) >= 11 is 1.51. The van der Waals surface area contributed by atoms with E-state index in [2.05, 4.69) is 49.4 Å². The monoisotopic (exact) mass is 628 g/mol. The van der Waals surface area contributed by atoms with Crippen LogP contribution in [0.5, 0.6) is 0 Å². The van der Waals surface area contributed by atoms with Gasteiger partial charge in [-0.1, -0.05) is 40.7 Å². The summed E-state index contributed by atoms with van der Waals surface area (Å²) in [6.45, 7) is 18.1. The molecule has 3 aliphatic rings. The minimum Gasteiger partial charge on any atom is -0.334 e. The summed E-state index contributed by atoms with van der Waals surface area (Å²) in [6, 6.07) is 3.21. The fourth-order valence-corrected chi connectivity index (χ4v) is 8.36. The number of carbonyl (C=O) groups excluding carboxylic acids is 2. The molecule has 44 heavy (non-hydrogen) atoms. The van der Waals surface area contributed by atoms with Crippen LogP contribution >= 0.6 is 11.3 Å². The standard InChI is InChI=1S/C35H50F2N4O2S/c1-32(2,3)30(42)41(24-11-13-34(7,8)14-12-24)25-20-28(29-38-16-18-44-29)40(21-25)31(43)35(15-17-39(22-35)33(4,5)6)26-10-9-23(36)19-27(26)37/h9-10,16,18-19,24-25,28H,11-15,17,20-22H2,1-8H3/t25-,28+,35?/m0/s1. The minimum absolute atomic E-state index is 0.109. The van der Waals surface area contributed by atoms with Gasteiger partial charge >= 0.3 is 0 Å². The van der Waals surface area contributed by atoms with Crippen LogP contribution < -0.4 is 0 Å². The number of amides is 2. The van der Waals surface area contributed by atoms with E-state index >= 15 is 9.18 Å². The first kappa shape index (κ1) is 33.0. The molecule has 1 aromatic carbocycles. The van der Waals surface area contributed by atoms with Crippen LogP contribution in [-0.2, 0) is 15.0 Å². The van der Waals surface area contributed by atoms with Crippen molar-refractivity contribution in [3.05, 3.63) is 52.0 Å². The van der Waals surface area contributed by atoms with Crippen LogP contribution in [0.1, 0.15) is 111 Å². The Labute approximate surface area is 266 Å². The van der Waals surface area contributed by atoms with Crippen LogP contribution in [0.2, 0.25) is 0 Å². The van der Waals surface area contributed by atoms with E-state index in [1.807, 2.05) is 31.1 Å². The number of halogens is 2. The third-order valence-corrected chi connectivity index (χ3v) is 11.2. The number of nitrogens with zero attached hydrogens (tertiary/aromatic N) is 4. The lowest BCUT2D eigenvalue weighted by Gasteiger charge is -2.45. The number of aromatic nitrogens is 1. The molecule has 0 bridgehead atoms. The number of rotatable bonds is 5. The van der Waals surface area contributed by atoms with Crippen molar-refractivity contribution in [3.63, 3.8) is 0 Å². The van der Waals surface area contributed by atoms with Gasteiger partial charge in [-0.25, -0.2) is 13.8 Å². The van der Waals surface area contributed by atoms with Gasteiger partial charge in [0, 0.05) is 59.8 Å². The van der Waals surface area contributed by atoms with Crippen molar-refractivity contribution < 1.29 is 18.4 Å². The molecule has 3 fully saturated rings. The van der Waals surface area contributed by atoms with E-state index < -0.39 is 22.5 Å². The molecule has 3 heterocycles. The summed E-state index contributed by atoms with van der Waals surface area (Å²) in [5, 5.41) is 2.74. The predicted molar refractivity (Wildman–Crippen MR) is 171 cm³/mol. The van der Waals surface area contributed by atoms with E-state index in [0.29, 0.717) is 32.5 Å². The summed E-state index contributed by atoms with van der Waals surface area (Å²) in [4.78, 5) is 40.1. The zero-order chi connectivity index (χ0) is 32.2. The lowest BCUT2D eigenvalue weighted by Crippen LogP contribution is -2.55. The van der Waals surface area contributed by atoms with Gasteiger partial charge in [-0.05, 0) is 70.8 Å². The van der Waals surface area contributed by atoms with Crippen molar-refractivity contribution in [1.29, 1.82) is 0 Å². The highest BCUT2D eigenvalue weighted by Gasteiger charge is 2.55. The van der Waals surface area contributed by atoms with Crippen molar-refractivity contribution >= 4 is 23.2 Å². The zero-order valence-electron chi connectivity index (χ0n) is 27.8. The van der Waals surface area contributed by atoms with E-state index in [9.17, 15) is 9.18 Å². The fourth-order valence-electron chi connectivity index (χ4n) is 7.60. The number of hydrogen-bond acceptors (Lipinski definition) is 5. The Morgan fingerprint density at radius 1 is 1.02 bits per heavy atom. The summed E-state index contributed by atoms with van der Waals surface area (Å²) in [5.74, 6) is -1.40. The SMILES string of the molecule is CC1(C)CCC(N(C(=O)C(C)(C)C)[C@H]2C[C@H](c3nccs3)N(C(=O)C3(c4ccc(F)cc4F)CCN(C(C)(C)C)C3)C2)CC1. The van der Waals surface area contributed by atoms with Crippen LogP contribution in [0.25, 0.3) is 0 Å². The molecule has 0 spiro atoms. The molecule has 242 valence electrons. The maximum absolute atomic E-state index is 15.6. The van der Waals surface area contributed by atoms with E-state index in [4.69, 9.17) is 0 Å². The molecule has 1 unspecified atom stereocenters. The Bertz CT molecular complexity index is 1360. The van der Waals surface area contributed by atoms with Crippen molar-refractivity contribution in [2.24, 2.45) is 10.8 Å². The first-order valence-corrected chi connectivity index (χ1v) is 17.0. The van der Waals surface area contributed by atoms with Gasteiger partial charge < -0.3 is 9.80 Å². The lowest BCUT2D eigenvalue weighted by molar-refractivity contribution is -0.147. The number of benzene rings is 1. The highest BCUT2D eigenvalue weighted by atomic mass is 32.1. The second kappa shape index (κ2) is 11.8. The van der Waals surface area contributed by atoms with Crippen LogP contribution in [0, 0.1) is 22.5 Å². The average molecular weight is 629 g/mol. The molecule has 1 aliphatic carbocycles. The second-order valence-electron chi connectivity index (χ2n) is 16.1. The number of likely N-dealkylation sites (tertiary alicyclic amines) is 2. The van der Waals surface area contributed by atoms with Crippen LogP contribution in [0.15, 0.2) is 29.8 Å². The van der Waals surface area contributed by atoms with Gasteiger partial charge in [0.2, 0.25) is 11.8 Å². The van der Waals surface area contributed by atoms with Crippen molar-refractivity contribution in [1.82, 2.24) is 19.7 Å². The highest BCUT2D eigenvalue weighted by Crippen LogP contribution is 2.47. The van der Waals surface area contributed by atoms with Crippen LogP contribution in [-0.4, -0.2) is 68.8 Å².